The summed E-state index contributed by atoms with van der Waals surface area (Å²) < 4.78 is 0. The van der Waals surface area contributed by atoms with E-state index in [4.69, 9.17) is 0 Å². The van der Waals surface area contributed by atoms with E-state index in [0.29, 0.717) is 5.75 Å². The van der Waals surface area contributed by atoms with Crippen molar-refractivity contribution >= 4 is 107 Å². The van der Waals surface area contributed by atoms with Gasteiger partial charge in [-0.25, -0.2) is 0 Å². The molecule has 14 aromatic rings. The normalized spacial score (nSPS) is 10.4. The minimum absolute atomic E-state index is 0. The number of aromatic hydroxyl groups is 1. The summed E-state index contributed by atoms with van der Waals surface area (Å²) in [6, 6.07) is 137. The average Bonchev–Trinajstić information content (AvgIpc) is 4.39. The Morgan fingerprint density at radius 3 is 0.593 bits per heavy atom. The van der Waals surface area contributed by atoms with E-state index >= 15 is 0 Å². The molecule has 1 nitrogen and oxygen atoms in total. The quantitative estimate of drug-likeness (QED) is 0.0850. The van der Waals surface area contributed by atoms with Crippen molar-refractivity contribution in [1.82, 2.24) is 0 Å². The number of benzene rings is 13. The predicted molar refractivity (Wildman–Crippen MR) is 401 cm³/mol. The zero-order valence-electron chi connectivity index (χ0n) is 50.8. The first-order valence-electron chi connectivity index (χ1n) is 30.3. The van der Waals surface area contributed by atoms with Crippen molar-refractivity contribution in [2.24, 2.45) is 0 Å². The first-order chi connectivity index (χ1) is 44.6. The third-order valence-corrected chi connectivity index (χ3v) is 24.9. The molecule has 1 N–H and O–H groups in total. The molecule has 0 spiro atoms. The Labute approximate surface area is 562 Å². The molecular formula is C84H72OP4PdS. The van der Waals surface area contributed by atoms with Gasteiger partial charge in [-0.15, -0.1) is 0 Å². The minimum atomic E-state index is -0.446. The van der Waals surface area contributed by atoms with Crippen LogP contribution in [0, 0.1) is 0 Å². The summed E-state index contributed by atoms with van der Waals surface area (Å²) in [5, 5.41) is 30.6. The summed E-state index contributed by atoms with van der Waals surface area (Å²) in [5.74, 6) is 0.362. The van der Waals surface area contributed by atoms with Crippen LogP contribution in [-0.4, -0.2) is 5.11 Å². The topological polar surface area (TPSA) is 20.2 Å². The van der Waals surface area contributed by atoms with Crippen molar-refractivity contribution in [2.45, 2.75) is 13.3 Å². The van der Waals surface area contributed by atoms with E-state index in [1.54, 1.807) is 17.4 Å². The number of rotatable bonds is 14. The Balaban J connectivity index is 0.000000135. The van der Waals surface area contributed by atoms with Crippen LogP contribution >= 0.6 is 43.0 Å². The number of hydrogen-bond acceptors (Lipinski definition) is 2. The number of phenols is 1. The second-order valence-electron chi connectivity index (χ2n) is 20.6. The van der Waals surface area contributed by atoms with Crippen molar-refractivity contribution in [1.29, 1.82) is 0 Å². The Kier molecular flexibility index (Phi) is 27.4. The summed E-state index contributed by atoms with van der Waals surface area (Å²) >= 11 is 1.65. The largest absolute Gasteiger partial charge is 0.507 e. The standard InChI is InChI=1S/4C18H15P.C12H12OS.Pd/c4*1-4-10-16(11-5-1)19(17-12-6-2-7-13-17)18-14-8-3-9-15-18;1-2-9-3-4-12(13)11(7-9)10-5-6-14-8-10;/h4*1-15H;3-8,13H,2H2,1H3;. The molecule has 0 saturated carbocycles. The molecule has 0 atom stereocenters. The molecule has 0 aliphatic heterocycles. The van der Waals surface area contributed by atoms with Gasteiger partial charge in [-0.3, -0.25) is 0 Å². The molecule has 0 unspecified atom stereocenters. The van der Waals surface area contributed by atoms with Gasteiger partial charge in [-0.2, -0.15) is 11.3 Å². The summed E-state index contributed by atoms with van der Waals surface area (Å²) in [6.45, 7) is 2.11. The molecule has 0 saturated heterocycles. The number of aryl methyl sites for hydroxylation is 1. The molecule has 1 aromatic heterocycles. The van der Waals surface area contributed by atoms with Crippen molar-refractivity contribution in [3.05, 3.63) is 405 Å². The zero-order valence-corrected chi connectivity index (χ0v) is 56.7. The summed E-state index contributed by atoms with van der Waals surface area (Å²) in [7, 11) is -1.78. The van der Waals surface area contributed by atoms with Crippen molar-refractivity contribution in [3.8, 4) is 16.9 Å². The van der Waals surface area contributed by atoms with Crippen LogP contribution in [0.3, 0.4) is 0 Å². The predicted octanol–water partition coefficient (Wildman–Crippen LogP) is 17.5. The molecule has 0 radical (unpaired) electrons. The number of thiophene rings is 1. The Bertz CT molecular complexity index is 3340. The maximum absolute atomic E-state index is 9.71. The molecule has 0 amide bonds. The maximum Gasteiger partial charge on any atom is 0.123 e. The van der Waals surface area contributed by atoms with Crippen LogP contribution in [0.1, 0.15) is 12.5 Å². The third-order valence-electron chi connectivity index (χ3n) is 14.5. The minimum Gasteiger partial charge on any atom is -0.507 e. The van der Waals surface area contributed by atoms with Gasteiger partial charge in [0.05, 0.1) is 0 Å². The Morgan fingerprint density at radius 2 is 0.440 bits per heavy atom. The molecule has 13 aromatic carbocycles. The van der Waals surface area contributed by atoms with Gasteiger partial charge in [0, 0.05) is 26.0 Å². The van der Waals surface area contributed by atoms with E-state index in [0.717, 1.165) is 17.5 Å². The van der Waals surface area contributed by atoms with E-state index < -0.39 is 31.7 Å². The van der Waals surface area contributed by atoms with E-state index in [9.17, 15) is 5.11 Å². The molecule has 0 aliphatic rings. The monoisotopic (exact) mass is 1360 g/mol. The number of phenolic OH excluding ortho intramolecular Hbond substituents is 1. The zero-order chi connectivity index (χ0) is 61.6. The van der Waals surface area contributed by atoms with Gasteiger partial charge >= 0.3 is 0 Å². The van der Waals surface area contributed by atoms with E-state index in [2.05, 4.69) is 382 Å². The van der Waals surface area contributed by atoms with Gasteiger partial charge in [0.25, 0.3) is 0 Å². The van der Waals surface area contributed by atoms with Gasteiger partial charge in [-0.05, 0) is 142 Å². The summed E-state index contributed by atoms with van der Waals surface area (Å²) in [6.07, 6.45) is 0.997. The van der Waals surface area contributed by atoms with Crippen LogP contribution in [-0.2, 0) is 26.8 Å². The van der Waals surface area contributed by atoms with Crippen LogP contribution in [0.15, 0.2) is 399 Å². The van der Waals surface area contributed by atoms with E-state index in [1.165, 1.54) is 69.2 Å². The Morgan fingerprint density at radius 1 is 0.253 bits per heavy atom. The van der Waals surface area contributed by atoms with Crippen LogP contribution in [0.25, 0.3) is 11.1 Å². The summed E-state index contributed by atoms with van der Waals surface area (Å²) in [5.41, 5.74) is 3.29. The van der Waals surface area contributed by atoms with Crippen LogP contribution < -0.4 is 63.7 Å². The molecule has 7 heteroatoms. The molecule has 0 aliphatic carbocycles. The fourth-order valence-electron chi connectivity index (χ4n) is 10.2. The van der Waals surface area contributed by atoms with E-state index in [-0.39, 0.29) is 20.4 Å². The van der Waals surface area contributed by atoms with Crippen LogP contribution in [0.5, 0.6) is 5.75 Å². The fourth-order valence-corrected chi connectivity index (χ4v) is 20.0. The Hall–Kier alpha value is -8.26. The van der Waals surface area contributed by atoms with Crippen LogP contribution in [0.4, 0.5) is 0 Å². The van der Waals surface area contributed by atoms with Crippen molar-refractivity contribution in [2.75, 3.05) is 0 Å². The molecular weight excluding hydrogens is 1290 g/mol. The molecule has 450 valence electrons. The molecule has 0 bridgehead atoms. The SMILES string of the molecule is CCc1ccc(O)c(-c2ccsc2)c1.[Pd].c1ccc(P(c2ccccc2)c2ccccc2)cc1.c1ccc(P(c2ccccc2)c2ccccc2)cc1.c1ccc(P(c2ccccc2)c2ccccc2)cc1.c1ccc(P(c2ccccc2)c2ccccc2)cc1. The van der Waals surface area contributed by atoms with Crippen LogP contribution in [0.2, 0.25) is 0 Å². The number of hydrogen-bond donors (Lipinski definition) is 1. The fraction of sp³-hybridized carbons (Fsp3) is 0.0238. The average molecular weight is 1360 g/mol. The van der Waals surface area contributed by atoms with Crippen molar-refractivity contribution < 1.29 is 25.5 Å². The molecule has 91 heavy (non-hydrogen) atoms. The van der Waals surface area contributed by atoms with Gasteiger partial charge in [0.2, 0.25) is 0 Å². The van der Waals surface area contributed by atoms with Gasteiger partial charge in [-0.1, -0.05) is 377 Å². The van der Waals surface area contributed by atoms with Gasteiger partial charge < -0.3 is 5.11 Å². The first-order valence-corrected chi connectivity index (χ1v) is 36.6. The molecule has 0 fully saturated rings. The maximum atomic E-state index is 9.71. The van der Waals surface area contributed by atoms with Gasteiger partial charge in [0.1, 0.15) is 5.75 Å². The second-order valence-corrected chi connectivity index (χ2v) is 30.2. The third kappa shape index (κ3) is 19.9. The molecule has 1 heterocycles. The first kappa shape index (κ1) is 67.1. The smallest absolute Gasteiger partial charge is 0.123 e. The summed E-state index contributed by atoms with van der Waals surface area (Å²) in [4.78, 5) is 0. The molecule has 14 rings (SSSR count). The van der Waals surface area contributed by atoms with Gasteiger partial charge in [0.15, 0.2) is 0 Å². The second kappa shape index (κ2) is 37.2. The van der Waals surface area contributed by atoms with Crippen molar-refractivity contribution in [3.63, 3.8) is 0 Å². The van der Waals surface area contributed by atoms with E-state index in [1.807, 2.05) is 17.5 Å².